The van der Waals surface area contributed by atoms with E-state index >= 15 is 0 Å². The van der Waals surface area contributed by atoms with Gasteiger partial charge in [0.05, 0.1) is 0 Å². The topological polar surface area (TPSA) is 56.1 Å². The molecular formula is C17H24N2O. The van der Waals surface area contributed by atoms with E-state index in [0.29, 0.717) is 18.8 Å². The van der Waals surface area contributed by atoms with Crippen molar-refractivity contribution in [3.05, 3.63) is 40.6 Å². The third kappa shape index (κ3) is 3.48. The molecule has 1 atom stereocenters. The number of fused-ring (bicyclic) bond motifs is 1. The smallest absolute Gasteiger partial charge is 0.0434 e. The first-order chi connectivity index (χ1) is 9.61. The Morgan fingerprint density at radius 2 is 2.25 bits per heavy atom. The zero-order valence-corrected chi connectivity index (χ0v) is 12.4. The van der Waals surface area contributed by atoms with Crippen molar-refractivity contribution < 1.29 is 5.11 Å². The van der Waals surface area contributed by atoms with Crippen LogP contribution in [0.15, 0.2) is 23.9 Å². The highest BCUT2D eigenvalue weighted by Crippen LogP contribution is 2.26. The molecule has 0 saturated heterocycles. The third-order valence-corrected chi connectivity index (χ3v) is 3.92. The summed E-state index contributed by atoms with van der Waals surface area (Å²) in [6.07, 6.45) is 4.39. The molecule has 1 aromatic carbocycles. The maximum atomic E-state index is 8.82. The summed E-state index contributed by atoms with van der Waals surface area (Å²) in [5, 5.41) is 20.3. The summed E-state index contributed by atoms with van der Waals surface area (Å²) in [4.78, 5) is 0. The van der Waals surface area contributed by atoms with Crippen LogP contribution in [0.1, 0.15) is 42.9 Å². The monoisotopic (exact) mass is 272 g/mol. The average Bonchev–Trinajstić information content (AvgIpc) is 2.45. The molecule has 1 aliphatic rings. The van der Waals surface area contributed by atoms with Crippen LogP contribution in [0.4, 0.5) is 0 Å². The number of benzene rings is 1. The number of hydrogen-bond donors (Lipinski definition) is 3. The summed E-state index contributed by atoms with van der Waals surface area (Å²) >= 11 is 0. The van der Waals surface area contributed by atoms with Crippen LogP contribution in [0.25, 0.3) is 6.08 Å². The van der Waals surface area contributed by atoms with Crippen molar-refractivity contribution in [3.63, 3.8) is 0 Å². The largest absolute Gasteiger partial charge is 0.396 e. The molecule has 3 heteroatoms. The summed E-state index contributed by atoms with van der Waals surface area (Å²) in [7, 11) is 0. The van der Waals surface area contributed by atoms with Gasteiger partial charge in [0.25, 0.3) is 0 Å². The standard InChI is InChI=1S/C17H24N2O/c1-12-5-3-6-14-11-19-17(10-16(12)14)13(2)9-15(18)7-4-8-20/h3,5-6,10,13,18-20H,4,7-9,11H2,1-2H3. The minimum atomic E-state index is 0.171. The lowest BCUT2D eigenvalue weighted by Crippen LogP contribution is -2.24. The average molecular weight is 272 g/mol. The molecule has 0 saturated carbocycles. The number of rotatable bonds is 6. The van der Waals surface area contributed by atoms with Crippen molar-refractivity contribution >= 4 is 11.8 Å². The van der Waals surface area contributed by atoms with Crippen LogP contribution >= 0.6 is 0 Å². The Morgan fingerprint density at radius 1 is 1.45 bits per heavy atom. The minimum absolute atomic E-state index is 0.171. The highest BCUT2D eigenvalue weighted by atomic mass is 16.2. The molecule has 0 aromatic heterocycles. The van der Waals surface area contributed by atoms with Crippen LogP contribution in [0.2, 0.25) is 0 Å². The maximum absolute atomic E-state index is 8.82. The van der Waals surface area contributed by atoms with E-state index in [1.165, 1.54) is 22.4 Å². The van der Waals surface area contributed by atoms with Gasteiger partial charge in [0.2, 0.25) is 0 Å². The van der Waals surface area contributed by atoms with Gasteiger partial charge in [-0.25, -0.2) is 0 Å². The van der Waals surface area contributed by atoms with Gasteiger partial charge in [-0.1, -0.05) is 25.1 Å². The number of aliphatic hydroxyl groups excluding tert-OH is 1. The molecule has 0 fully saturated rings. The van der Waals surface area contributed by atoms with Gasteiger partial charge < -0.3 is 15.8 Å². The highest BCUT2D eigenvalue weighted by molar-refractivity contribution is 5.82. The Labute approximate surface area is 121 Å². The van der Waals surface area contributed by atoms with Crippen LogP contribution < -0.4 is 5.32 Å². The number of aryl methyl sites for hydroxylation is 1. The maximum Gasteiger partial charge on any atom is 0.0434 e. The molecule has 1 aromatic rings. The van der Waals surface area contributed by atoms with Gasteiger partial charge in [-0.3, -0.25) is 0 Å². The lowest BCUT2D eigenvalue weighted by atomic mass is 9.91. The molecule has 1 aliphatic heterocycles. The Balaban J connectivity index is 2.06. The summed E-state index contributed by atoms with van der Waals surface area (Å²) in [6, 6.07) is 6.41. The van der Waals surface area contributed by atoms with E-state index in [0.717, 1.165) is 18.7 Å². The fraction of sp³-hybridized carbons (Fsp3) is 0.471. The van der Waals surface area contributed by atoms with Crippen molar-refractivity contribution in [2.45, 2.75) is 39.7 Å². The van der Waals surface area contributed by atoms with Crippen LogP contribution in [-0.4, -0.2) is 17.4 Å². The minimum Gasteiger partial charge on any atom is -0.396 e. The number of allylic oxidation sites excluding steroid dienone is 1. The molecule has 0 bridgehead atoms. The highest BCUT2D eigenvalue weighted by Gasteiger charge is 2.16. The Morgan fingerprint density at radius 3 is 3.00 bits per heavy atom. The zero-order chi connectivity index (χ0) is 14.5. The van der Waals surface area contributed by atoms with Gasteiger partial charge in [-0.05, 0) is 49.0 Å². The fourth-order valence-corrected chi connectivity index (χ4v) is 2.70. The SMILES string of the molecule is Cc1cccc2c1C=C(C(C)CC(=N)CCCO)NC2. The van der Waals surface area contributed by atoms with E-state index in [-0.39, 0.29) is 6.61 Å². The molecule has 3 N–H and O–H groups in total. The molecule has 2 rings (SSSR count). The predicted molar refractivity (Wildman–Crippen MR) is 83.8 cm³/mol. The van der Waals surface area contributed by atoms with E-state index < -0.39 is 0 Å². The van der Waals surface area contributed by atoms with Gasteiger partial charge in [0.15, 0.2) is 0 Å². The number of nitrogens with one attached hydrogen (secondary N) is 2. The molecule has 0 radical (unpaired) electrons. The molecular weight excluding hydrogens is 248 g/mol. The first kappa shape index (κ1) is 14.8. The number of hydrogen-bond acceptors (Lipinski definition) is 3. The van der Waals surface area contributed by atoms with Gasteiger partial charge >= 0.3 is 0 Å². The molecule has 108 valence electrons. The zero-order valence-electron chi connectivity index (χ0n) is 12.4. The lowest BCUT2D eigenvalue weighted by Gasteiger charge is -2.24. The second kappa shape index (κ2) is 6.71. The van der Waals surface area contributed by atoms with Crippen molar-refractivity contribution in [2.75, 3.05) is 6.61 Å². The molecule has 0 amide bonds. The van der Waals surface area contributed by atoms with Crippen LogP contribution in [-0.2, 0) is 6.54 Å². The van der Waals surface area contributed by atoms with E-state index in [4.69, 9.17) is 10.5 Å². The van der Waals surface area contributed by atoms with Crippen molar-refractivity contribution in [2.24, 2.45) is 5.92 Å². The van der Waals surface area contributed by atoms with Crippen LogP contribution in [0.3, 0.4) is 0 Å². The van der Waals surface area contributed by atoms with E-state index in [1.807, 2.05) is 0 Å². The summed E-state index contributed by atoms with van der Waals surface area (Å²) in [5.74, 6) is 0.328. The van der Waals surface area contributed by atoms with Gasteiger partial charge in [-0.15, -0.1) is 0 Å². The fourth-order valence-electron chi connectivity index (χ4n) is 2.70. The molecule has 0 spiro atoms. The molecule has 1 unspecified atom stereocenters. The molecule has 0 aliphatic carbocycles. The Hall–Kier alpha value is -1.61. The van der Waals surface area contributed by atoms with Crippen LogP contribution in [0, 0.1) is 18.3 Å². The van der Waals surface area contributed by atoms with Crippen molar-refractivity contribution in [1.82, 2.24) is 5.32 Å². The molecule has 1 heterocycles. The Kier molecular flexibility index (Phi) is 4.96. The summed E-state index contributed by atoms with van der Waals surface area (Å²) in [6.45, 7) is 5.35. The first-order valence-corrected chi connectivity index (χ1v) is 7.33. The first-order valence-electron chi connectivity index (χ1n) is 7.33. The quantitative estimate of drug-likeness (QED) is 0.696. The van der Waals surface area contributed by atoms with E-state index in [1.54, 1.807) is 0 Å². The van der Waals surface area contributed by atoms with E-state index in [2.05, 4.69) is 43.4 Å². The van der Waals surface area contributed by atoms with Gasteiger partial charge in [0, 0.05) is 30.5 Å². The molecule has 20 heavy (non-hydrogen) atoms. The van der Waals surface area contributed by atoms with Crippen LogP contribution in [0.5, 0.6) is 0 Å². The lowest BCUT2D eigenvalue weighted by molar-refractivity contribution is 0.290. The molecule has 3 nitrogen and oxygen atoms in total. The predicted octanol–water partition coefficient (Wildman–Crippen LogP) is 3.26. The van der Waals surface area contributed by atoms with Crippen molar-refractivity contribution in [1.29, 1.82) is 5.41 Å². The normalized spacial score (nSPS) is 15.1. The number of aliphatic hydroxyl groups is 1. The second-order valence-corrected chi connectivity index (χ2v) is 5.64. The van der Waals surface area contributed by atoms with Crippen molar-refractivity contribution in [3.8, 4) is 0 Å². The third-order valence-electron chi connectivity index (χ3n) is 3.92. The summed E-state index contributed by atoms with van der Waals surface area (Å²) < 4.78 is 0. The Bertz CT molecular complexity index is 520. The second-order valence-electron chi connectivity index (χ2n) is 5.64. The van der Waals surface area contributed by atoms with E-state index in [9.17, 15) is 0 Å². The van der Waals surface area contributed by atoms with Gasteiger partial charge in [-0.2, -0.15) is 0 Å². The van der Waals surface area contributed by atoms with Gasteiger partial charge in [0.1, 0.15) is 0 Å². The summed E-state index contributed by atoms with van der Waals surface area (Å²) in [5.41, 5.74) is 5.93.